The summed E-state index contributed by atoms with van der Waals surface area (Å²) in [5, 5.41) is 18.2. The Kier molecular flexibility index (Phi) is 7.17. The second-order valence-electron chi connectivity index (χ2n) is 6.85. The Morgan fingerprint density at radius 1 is 1.28 bits per heavy atom. The fourth-order valence-electron chi connectivity index (χ4n) is 3.22. The number of nitro groups is 1. The molecule has 154 valence electrons. The van der Waals surface area contributed by atoms with E-state index >= 15 is 0 Å². The summed E-state index contributed by atoms with van der Waals surface area (Å²) in [7, 11) is 0. The first kappa shape index (κ1) is 20.8. The Balaban J connectivity index is 1.39. The van der Waals surface area contributed by atoms with Gasteiger partial charge in [0.2, 0.25) is 11.1 Å². The van der Waals surface area contributed by atoms with Gasteiger partial charge in [0.05, 0.1) is 10.7 Å². The zero-order valence-electron chi connectivity index (χ0n) is 15.7. The third-order valence-electron chi connectivity index (χ3n) is 4.74. The Hall–Kier alpha value is -2.95. The molecule has 0 aliphatic heterocycles. The molecule has 10 nitrogen and oxygen atoms in total. The number of non-ortho nitro benzene ring substituents is 1. The summed E-state index contributed by atoms with van der Waals surface area (Å²) in [4.78, 5) is 38.5. The second kappa shape index (κ2) is 10.0. The molecule has 0 spiro atoms. The molecule has 3 N–H and O–H groups in total. The van der Waals surface area contributed by atoms with Crippen LogP contribution < -0.4 is 10.9 Å². The topological polar surface area (TPSA) is 143 Å². The van der Waals surface area contributed by atoms with E-state index < -0.39 is 16.7 Å². The number of nitrogens with one attached hydrogen (secondary N) is 3. The molecule has 1 heterocycles. The summed E-state index contributed by atoms with van der Waals surface area (Å²) in [6.07, 6.45) is 7.16. The van der Waals surface area contributed by atoms with Crippen LogP contribution in [0.25, 0.3) is 0 Å². The van der Waals surface area contributed by atoms with Crippen LogP contribution in [-0.2, 0) is 11.2 Å². The molecule has 0 unspecified atom stereocenters. The third-order valence-corrected chi connectivity index (χ3v) is 5.59. The molecular weight excluding hydrogens is 396 g/mol. The van der Waals surface area contributed by atoms with Gasteiger partial charge in [-0.3, -0.25) is 35.7 Å². The van der Waals surface area contributed by atoms with Gasteiger partial charge in [0.25, 0.3) is 11.6 Å². The Bertz CT molecular complexity index is 881. The summed E-state index contributed by atoms with van der Waals surface area (Å²) in [5.41, 5.74) is 4.38. The van der Waals surface area contributed by atoms with Crippen LogP contribution in [0, 0.1) is 16.0 Å². The van der Waals surface area contributed by atoms with Crippen molar-refractivity contribution in [3.05, 3.63) is 45.8 Å². The van der Waals surface area contributed by atoms with Crippen molar-refractivity contribution in [1.29, 1.82) is 0 Å². The van der Waals surface area contributed by atoms with E-state index in [1.807, 2.05) is 0 Å². The Morgan fingerprint density at radius 2 is 2.07 bits per heavy atom. The minimum atomic E-state index is -0.640. The lowest BCUT2D eigenvalue weighted by Gasteiger charge is -2.06. The van der Waals surface area contributed by atoms with Crippen molar-refractivity contribution < 1.29 is 14.5 Å². The molecule has 0 radical (unpaired) electrons. The highest BCUT2D eigenvalue weighted by Gasteiger charge is 2.16. The van der Waals surface area contributed by atoms with E-state index in [2.05, 4.69) is 26.0 Å². The van der Waals surface area contributed by atoms with Crippen LogP contribution in [0.5, 0.6) is 0 Å². The standard InChI is InChI=1S/C18H22N6O4S/c25-16(21-22-17(26)13-6-3-7-14(10-13)24(27)28)11-29-18-19-15(20-23-18)9-8-12-4-1-2-5-12/h3,6-7,10,12H,1-2,4-5,8-9,11H2,(H,21,25)(H,22,26)(H,19,20,23). The van der Waals surface area contributed by atoms with Crippen LogP contribution in [-0.4, -0.2) is 37.7 Å². The fourth-order valence-corrected chi connectivity index (χ4v) is 3.84. The lowest BCUT2D eigenvalue weighted by Crippen LogP contribution is -2.42. The largest absolute Gasteiger partial charge is 0.272 e. The molecule has 1 aromatic carbocycles. The number of carbonyl (C=O) groups is 2. The summed E-state index contributed by atoms with van der Waals surface area (Å²) >= 11 is 1.16. The van der Waals surface area contributed by atoms with Gasteiger partial charge in [0, 0.05) is 24.1 Å². The van der Waals surface area contributed by atoms with Gasteiger partial charge in [-0.1, -0.05) is 43.5 Å². The predicted octanol–water partition coefficient (Wildman–Crippen LogP) is 2.39. The first-order valence-corrected chi connectivity index (χ1v) is 10.4. The SMILES string of the molecule is O=C(CSc1n[nH]c(CCC2CCCC2)n1)NNC(=O)c1cccc([N+](=O)[O-])c1. The molecule has 3 rings (SSSR count). The van der Waals surface area contributed by atoms with Crippen molar-refractivity contribution in [3.63, 3.8) is 0 Å². The van der Waals surface area contributed by atoms with E-state index in [0.717, 1.165) is 42.4 Å². The summed E-state index contributed by atoms with van der Waals surface area (Å²) in [6.45, 7) is 0. The first-order valence-electron chi connectivity index (χ1n) is 9.39. The van der Waals surface area contributed by atoms with Crippen molar-refractivity contribution in [2.75, 3.05) is 5.75 Å². The summed E-state index contributed by atoms with van der Waals surface area (Å²) < 4.78 is 0. The van der Waals surface area contributed by atoms with Crippen LogP contribution in [0.1, 0.15) is 48.3 Å². The average Bonchev–Trinajstić information content (AvgIpc) is 3.40. The molecule has 1 saturated carbocycles. The number of aryl methyl sites for hydroxylation is 1. The number of hydrogen-bond donors (Lipinski definition) is 3. The Morgan fingerprint density at radius 3 is 2.83 bits per heavy atom. The molecule has 0 saturated heterocycles. The third kappa shape index (κ3) is 6.28. The smallest absolute Gasteiger partial charge is 0.270 e. The summed E-state index contributed by atoms with van der Waals surface area (Å²) in [5.74, 6) is 0.537. The molecule has 2 aromatic rings. The highest BCUT2D eigenvalue weighted by molar-refractivity contribution is 7.99. The van der Waals surface area contributed by atoms with E-state index in [4.69, 9.17) is 0 Å². The molecule has 1 aromatic heterocycles. The first-order chi connectivity index (χ1) is 14.0. The van der Waals surface area contributed by atoms with Crippen molar-refractivity contribution >= 4 is 29.3 Å². The van der Waals surface area contributed by atoms with Crippen LogP contribution in [0.2, 0.25) is 0 Å². The molecule has 1 aliphatic carbocycles. The lowest BCUT2D eigenvalue weighted by atomic mass is 10.0. The highest BCUT2D eigenvalue weighted by atomic mass is 32.2. The van der Waals surface area contributed by atoms with E-state index in [9.17, 15) is 19.7 Å². The number of H-pyrrole nitrogens is 1. The van der Waals surface area contributed by atoms with Gasteiger partial charge in [0.1, 0.15) is 5.82 Å². The van der Waals surface area contributed by atoms with Gasteiger partial charge < -0.3 is 0 Å². The molecule has 11 heteroatoms. The number of thioether (sulfide) groups is 1. The van der Waals surface area contributed by atoms with Crippen molar-refractivity contribution in [2.24, 2.45) is 5.92 Å². The monoisotopic (exact) mass is 418 g/mol. The Labute approximate surface area is 171 Å². The lowest BCUT2D eigenvalue weighted by molar-refractivity contribution is -0.384. The second-order valence-corrected chi connectivity index (χ2v) is 7.79. The molecule has 0 atom stereocenters. The van der Waals surface area contributed by atoms with Gasteiger partial charge in [-0.2, -0.15) is 0 Å². The predicted molar refractivity (Wildman–Crippen MR) is 106 cm³/mol. The number of carbonyl (C=O) groups excluding carboxylic acids is 2. The van der Waals surface area contributed by atoms with Crippen molar-refractivity contribution in [1.82, 2.24) is 26.0 Å². The zero-order valence-corrected chi connectivity index (χ0v) is 16.5. The van der Waals surface area contributed by atoms with E-state index in [1.165, 1.54) is 43.9 Å². The zero-order chi connectivity index (χ0) is 20.6. The van der Waals surface area contributed by atoms with Gasteiger partial charge >= 0.3 is 0 Å². The number of nitrogens with zero attached hydrogens (tertiary/aromatic N) is 3. The van der Waals surface area contributed by atoms with Crippen LogP contribution >= 0.6 is 11.8 Å². The minimum absolute atomic E-state index is 0.0230. The van der Waals surface area contributed by atoms with E-state index in [1.54, 1.807) is 0 Å². The molecular formula is C18H22N6O4S. The highest BCUT2D eigenvalue weighted by Crippen LogP contribution is 2.28. The van der Waals surface area contributed by atoms with E-state index in [-0.39, 0.29) is 17.0 Å². The number of nitro benzene ring substituents is 1. The quantitative estimate of drug-likeness (QED) is 0.339. The molecule has 2 amide bonds. The van der Waals surface area contributed by atoms with E-state index in [0.29, 0.717) is 5.16 Å². The minimum Gasteiger partial charge on any atom is -0.272 e. The van der Waals surface area contributed by atoms with Crippen LogP contribution in [0.15, 0.2) is 29.4 Å². The van der Waals surface area contributed by atoms with Crippen LogP contribution in [0.3, 0.4) is 0 Å². The number of aromatic amines is 1. The number of hydrogen-bond acceptors (Lipinski definition) is 7. The molecule has 0 bridgehead atoms. The fraction of sp³-hybridized carbons (Fsp3) is 0.444. The average molecular weight is 418 g/mol. The maximum absolute atomic E-state index is 12.0. The number of amides is 2. The normalized spacial score (nSPS) is 13.9. The van der Waals surface area contributed by atoms with Gasteiger partial charge in [-0.05, 0) is 18.4 Å². The van der Waals surface area contributed by atoms with Crippen molar-refractivity contribution in [2.45, 2.75) is 43.7 Å². The maximum atomic E-state index is 12.0. The van der Waals surface area contributed by atoms with Crippen LogP contribution in [0.4, 0.5) is 5.69 Å². The maximum Gasteiger partial charge on any atom is 0.270 e. The molecule has 1 fully saturated rings. The molecule has 1 aliphatic rings. The number of aromatic nitrogens is 3. The number of hydrazine groups is 1. The molecule has 29 heavy (non-hydrogen) atoms. The number of rotatable bonds is 8. The van der Waals surface area contributed by atoms with Gasteiger partial charge in [-0.15, -0.1) is 5.10 Å². The van der Waals surface area contributed by atoms with Gasteiger partial charge in [0.15, 0.2) is 0 Å². The van der Waals surface area contributed by atoms with Gasteiger partial charge in [-0.25, -0.2) is 4.98 Å². The summed E-state index contributed by atoms with van der Waals surface area (Å²) in [6, 6.07) is 5.24. The van der Waals surface area contributed by atoms with Crippen molar-refractivity contribution in [3.8, 4) is 0 Å². The number of benzene rings is 1.